The SMILES string of the molecule is COc1cc(NC(=O)N2CCC(OCC3CC3)CC2)ccc1F. The number of urea groups is 1. The van der Waals surface area contributed by atoms with E-state index in [0.29, 0.717) is 18.8 Å². The summed E-state index contributed by atoms with van der Waals surface area (Å²) < 4.78 is 24.2. The lowest BCUT2D eigenvalue weighted by molar-refractivity contribution is 0.0105. The smallest absolute Gasteiger partial charge is 0.321 e. The van der Waals surface area contributed by atoms with E-state index in [2.05, 4.69) is 5.32 Å². The monoisotopic (exact) mass is 322 g/mol. The zero-order valence-electron chi connectivity index (χ0n) is 13.4. The van der Waals surface area contributed by atoms with Gasteiger partial charge in [0.25, 0.3) is 0 Å². The molecule has 6 heteroatoms. The second-order valence-electron chi connectivity index (χ2n) is 6.24. The van der Waals surface area contributed by atoms with Crippen LogP contribution in [-0.4, -0.2) is 43.8 Å². The molecule has 1 aromatic carbocycles. The molecular weight excluding hydrogens is 299 g/mol. The van der Waals surface area contributed by atoms with Crippen LogP contribution in [0.1, 0.15) is 25.7 Å². The molecule has 1 aromatic rings. The first-order valence-corrected chi connectivity index (χ1v) is 8.17. The molecule has 2 aliphatic rings. The summed E-state index contributed by atoms with van der Waals surface area (Å²) in [5.41, 5.74) is 0.528. The molecule has 0 radical (unpaired) electrons. The summed E-state index contributed by atoms with van der Waals surface area (Å²) in [4.78, 5) is 14.0. The molecule has 2 fully saturated rings. The van der Waals surface area contributed by atoms with E-state index in [-0.39, 0.29) is 17.9 Å². The topological polar surface area (TPSA) is 50.8 Å². The molecule has 1 N–H and O–H groups in total. The van der Waals surface area contributed by atoms with Crippen molar-refractivity contribution in [2.75, 3.05) is 32.1 Å². The molecule has 1 heterocycles. The van der Waals surface area contributed by atoms with Crippen LogP contribution in [0.2, 0.25) is 0 Å². The van der Waals surface area contributed by atoms with Gasteiger partial charge in [-0.2, -0.15) is 0 Å². The quantitative estimate of drug-likeness (QED) is 0.905. The zero-order valence-corrected chi connectivity index (χ0v) is 13.4. The highest BCUT2D eigenvalue weighted by Gasteiger charge is 2.27. The fourth-order valence-corrected chi connectivity index (χ4v) is 2.72. The number of halogens is 1. The Kier molecular flexibility index (Phi) is 5.00. The van der Waals surface area contributed by atoms with Crippen LogP contribution >= 0.6 is 0 Å². The minimum atomic E-state index is -0.445. The number of amides is 2. The maximum atomic E-state index is 13.4. The lowest BCUT2D eigenvalue weighted by Crippen LogP contribution is -2.43. The van der Waals surface area contributed by atoms with Crippen molar-refractivity contribution in [2.45, 2.75) is 31.8 Å². The highest BCUT2D eigenvalue weighted by Crippen LogP contribution is 2.30. The summed E-state index contributed by atoms with van der Waals surface area (Å²) in [6.07, 6.45) is 4.59. The van der Waals surface area contributed by atoms with Gasteiger partial charge in [0.15, 0.2) is 11.6 Å². The number of methoxy groups -OCH3 is 1. The summed E-state index contributed by atoms with van der Waals surface area (Å²) in [7, 11) is 1.40. The number of nitrogens with zero attached hydrogens (tertiary/aromatic N) is 1. The molecule has 1 aliphatic heterocycles. The normalized spacial score (nSPS) is 18.8. The van der Waals surface area contributed by atoms with E-state index in [0.717, 1.165) is 25.4 Å². The van der Waals surface area contributed by atoms with Crippen LogP contribution in [0.15, 0.2) is 18.2 Å². The Labute approximate surface area is 135 Å². The maximum Gasteiger partial charge on any atom is 0.321 e. The summed E-state index contributed by atoms with van der Waals surface area (Å²) in [6, 6.07) is 4.13. The second kappa shape index (κ2) is 7.17. The highest BCUT2D eigenvalue weighted by molar-refractivity contribution is 5.89. The van der Waals surface area contributed by atoms with Gasteiger partial charge in [0.1, 0.15) is 0 Å². The predicted molar refractivity (Wildman–Crippen MR) is 85.2 cm³/mol. The summed E-state index contributed by atoms with van der Waals surface area (Å²) in [5, 5.41) is 2.79. The van der Waals surface area contributed by atoms with Crippen molar-refractivity contribution in [1.29, 1.82) is 0 Å². The first-order chi connectivity index (χ1) is 11.2. The van der Waals surface area contributed by atoms with Gasteiger partial charge in [-0.05, 0) is 43.7 Å². The molecule has 1 aliphatic carbocycles. The van der Waals surface area contributed by atoms with Gasteiger partial charge in [0.05, 0.1) is 13.2 Å². The second-order valence-corrected chi connectivity index (χ2v) is 6.24. The lowest BCUT2D eigenvalue weighted by Gasteiger charge is -2.32. The van der Waals surface area contributed by atoms with Crippen molar-refractivity contribution >= 4 is 11.7 Å². The lowest BCUT2D eigenvalue weighted by atomic mass is 10.1. The Bertz CT molecular complexity index is 555. The number of anilines is 1. The number of nitrogens with one attached hydrogen (secondary N) is 1. The minimum Gasteiger partial charge on any atom is -0.494 e. The fourth-order valence-electron chi connectivity index (χ4n) is 2.72. The van der Waals surface area contributed by atoms with E-state index in [4.69, 9.17) is 9.47 Å². The van der Waals surface area contributed by atoms with Crippen LogP contribution in [0.5, 0.6) is 5.75 Å². The molecule has 0 spiro atoms. The molecule has 0 atom stereocenters. The first kappa shape index (κ1) is 16.1. The van der Waals surface area contributed by atoms with E-state index >= 15 is 0 Å². The van der Waals surface area contributed by atoms with Crippen molar-refractivity contribution in [3.63, 3.8) is 0 Å². The summed E-state index contributed by atoms with van der Waals surface area (Å²) in [6.45, 7) is 2.23. The average Bonchev–Trinajstić information content (AvgIpc) is 3.39. The van der Waals surface area contributed by atoms with E-state index in [1.165, 1.54) is 38.2 Å². The molecule has 5 nitrogen and oxygen atoms in total. The van der Waals surface area contributed by atoms with Crippen LogP contribution in [0, 0.1) is 11.7 Å². The van der Waals surface area contributed by atoms with Crippen LogP contribution in [-0.2, 0) is 4.74 Å². The van der Waals surface area contributed by atoms with Crippen molar-refractivity contribution in [1.82, 2.24) is 4.90 Å². The number of rotatable bonds is 5. The third-order valence-electron chi connectivity index (χ3n) is 4.40. The number of carbonyl (C=O) groups excluding carboxylic acids is 1. The van der Waals surface area contributed by atoms with Crippen LogP contribution in [0.25, 0.3) is 0 Å². The maximum absolute atomic E-state index is 13.4. The Balaban J connectivity index is 1.47. The molecule has 23 heavy (non-hydrogen) atoms. The Morgan fingerprint density at radius 1 is 1.30 bits per heavy atom. The first-order valence-electron chi connectivity index (χ1n) is 8.17. The molecule has 0 aromatic heterocycles. The summed E-state index contributed by atoms with van der Waals surface area (Å²) >= 11 is 0. The number of likely N-dealkylation sites (tertiary alicyclic amines) is 1. The molecule has 1 saturated carbocycles. The average molecular weight is 322 g/mol. The van der Waals surface area contributed by atoms with E-state index < -0.39 is 5.82 Å². The van der Waals surface area contributed by atoms with Crippen LogP contribution in [0.3, 0.4) is 0 Å². The van der Waals surface area contributed by atoms with Crippen molar-refractivity contribution in [2.24, 2.45) is 5.92 Å². The number of ether oxygens (including phenoxy) is 2. The van der Waals surface area contributed by atoms with E-state index in [1.807, 2.05) is 0 Å². The number of piperidine rings is 1. The third kappa shape index (κ3) is 4.34. The Hall–Kier alpha value is -1.82. The molecule has 126 valence electrons. The largest absolute Gasteiger partial charge is 0.494 e. The van der Waals surface area contributed by atoms with Crippen molar-refractivity contribution < 1.29 is 18.7 Å². The minimum absolute atomic E-state index is 0.120. The standard InChI is InChI=1S/C17H23FN2O3/c1-22-16-10-13(4-5-15(16)18)19-17(21)20-8-6-14(7-9-20)23-11-12-2-3-12/h4-5,10,12,14H,2-3,6-9,11H2,1H3,(H,19,21). The molecular formula is C17H23FN2O3. The Morgan fingerprint density at radius 2 is 2.04 bits per heavy atom. The van der Waals surface area contributed by atoms with Gasteiger partial charge in [0, 0.05) is 31.5 Å². The van der Waals surface area contributed by atoms with Gasteiger partial charge in [-0.15, -0.1) is 0 Å². The Morgan fingerprint density at radius 3 is 2.70 bits per heavy atom. The number of carbonyl (C=O) groups is 1. The van der Waals surface area contributed by atoms with E-state index in [1.54, 1.807) is 4.90 Å². The van der Waals surface area contributed by atoms with Gasteiger partial charge in [-0.25, -0.2) is 9.18 Å². The fraction of sp³-hybridized carbons (Fsp3) is 0.588. The van der Waals surface area contributed by atoms with Gasteiger partial charge in [0.2, 0.25) is 0 Å². The van der Waals surface area contributed by atoms with Crippen molar-refractivity contribution in [3.05, 3.63) is 24.0 Å². The van der Waals surface area contributed by atoms with Gasteiger partial charge >= 0.3 is 6.03 Å². The third-order valence-corrected chi connectivity index (χ3v) is 4.40. The molecule has 3 rings (SSSR count). The van der Waals surface area contributed by atoms with Crippen LogP contribution < -0.4 is 10.1 Å². The van der Waals surface area contributed by atoms with Crippen molar-refractivity contribution in [3.8, 4) is 5.75 Å². The van der Waals surface area contributed by atoms with Gasteiger partial charge in [-0.1, -0.05) is 0 Å². The highest BCUT2D eigenvalue weighted by atomic mass is 19.1. The van der Waals surface area contributed by atoms with E-state index in [9.17, 15) is 9.18 Å². The molecule has 0 unspecified atom stereocenters. The van der Waals surface area contributed by atoms with Crippen LogP contribution in [0.4, 0.5) is 14.9 Å². The van der Waals surface area contributed by atoms with Gasteiger partial charge in [-0.3, -0.25) is 0 Å². The summed E-state index contributed by atoms with van der Waals surface area (Å²) in [5.74, 6) is 0.443. The predicted octanol–water partition coefficient (Wildman–Crippen LogP) is 3.26. The molecule has 0 bridgehead atoms. The molecule has 2 amide bonds. The number of hydrogen-bond acceptors (Lipinski definition) is 3. The number of benzene rings is 1. The van der Waals surface area contributed by atoms with Gasteiger partial charge < -0.3 is 19.7 Å². The zero-order chi connectivity index (χ0) is 16.2. The molecule has 1 saturated heterocycles. The number of hydrogen-bond donors (Lipinski definition) is 1.